The number of nitrogens with one attached hydrogen (secondary N) is 2. The van der Waals surface area contributed by atoms with E-state index in [9.17, 15) is 4.79 Å². The molecule has 3 aromatic rings. The highest BCUT2D eigenvalue weighted by molar-refractivity contribution is 5.70. The van der Waals surface area contributed by atoms with Crippen LogP contribution in [0.3, 0.4) is 0 Å². The number of aryl methyl sites for hydroxylation is 3. The number of anilines is 2. The van der Waals surface area contributed by atoms with Crippen LogP contribution >= 0.6 is 0 Å². The number of nitrogens with zero attached hydrogens (tertiary/aromatic N) is 3. The SMILES string of the molecule is CCc1cc(=O)n2[nH]c(Nc3c4c(cc5c3CCC5)CCC4)nc2n1. The van der Waals surface area contributed by atoms with E-state index in [0.717, 1.165) is 37.8 Å². The van der Waals surface area contributed by atoms with Gasteiger partial charge in [-0.2, -0.15) is 9.50 Å². The Kier molecular flexibility index (Phi) is 3.20. The molecule has 0 bridgehead atoms. The number of rotatable bonds is 3. The molecule has 5 rings (SSSR count). The molecule has 0 fully saturated rings. The molecule has 6 nitrogen and oxygen atoms in total. The van der Waals surface area contributed by atoms with Crippen LogP contribution in [0.15, 0.2) is 16.9 Å². The van der Waals surface area contributed by atoms with Crippen LogP contribution < -0.4 is 10.9 Å². The molecule has 0 atom stereocenters. The normalized spacial score (nSPS) is 15.6. The van der Waals surface area contributed by atoms with Gasteiger partial charge in [0.25, 0.3) is 11.3 Å². The first kappa shape index (κ1) is 14.7. The van der Waals surface area contributed by atoms with Gasteiger partial charge in [0.2, 0.25) is 5.95 Å². The molecule has 0 unspecified atom stereocenters. The van der Waals surface area contributed by atoms with Crippen LogP contribution in [0.25, 0.3) is 5.78 Å². The zero-order chi connectivity index (χ0) is 17.0. The van der Waals surface area contributed by atoms with Gasteiger partial charge in [0.15, 0.2) is 0 Å². The third kappa shape index (κ3) is 2.27. The van der Waals surface area contributed by atoms with Crippen molar-refractivity contribution in [3.8, 4) is 0 Å². The molecule has 2 heterocycles. The number of benzene rings is 1. The number of hydrogen-bond acceptors (Lipinski definition) is 4. The van der Waals surface area contributed by atoms with Crippen LogP contribution in [-0.2, 0) is 32.1 Å². The van der Waals surface area contributed by atoms with Crippen molar-refractivity contribution in [1.29, 1.82) is 0 Å². The van der Waals surface area contributed by atoms with Gasteiger partial charge >= 0.3 is 0 Å². The summed E-state index contributed by atoms with van der Waals surface area (Å²) in [5, 5.41) is 6.56. The predicted octanol–water partition coefficient (Wildman–Crippen LogP) is 2.70. The Hall–Kier alpha value is -2.63. The van der Waals surface area contributed by atoms with Crippen LogP contribution in [-0.4, -0.2) is 19.6 Å². The first-order chi connectivity index (χ1) is 12.2. The van der Waals surface area contributed by atoms with Crippen LogP contribution in [0, 0.1) is 0 Å². The van der Waals surface area contributed by atoms with Crippen LogP contribution in [0.4, 0.5) is 11.6 Å². The second-order valence-corrected chi connectivity index (χ2v) is 7.01. The Morgan fingerprint density at radius 2 is 1.80 bits per heavy atom. The van der Waals surface area contributed by atoms with Crippen molar-refractivity contribution in [2.45, 2.75) is 51.9 Å². The molecule has 0 saturated heterocycles. The average molecular weight is 335 g/mol. The lowest BCUT2D eigenvalue weighted by Gasteiger charge is -2.15. The van der Waals surface area contributed by atoms with E-state index < -0.39 is 0 Å². The summed E-state index contributed by atoms with van der Waals surface area (Å²) in [5.41, 5.74) is 7.66. The maximum Gasteiger partial charge on any atom is 0.274 e. The van der Waals surface area contributed by atoms with E-state index in [1.807, 2.05) is 6.92 Å². The Morgan fingerprint density at radius 3 is 2.48 bits per heavy atom. The third-order valence-electron chi connectivity index (χ3n) is 5.46. The van der Waals surface area contributed by atoms with Crippen LogP contribution in [0.1, 0.15) is 47.7 Å². The fourth-order valence-electron chi connectivity index (χ4n) is 4.25. The zero-order valence-corrected chi connectivity index (χ0v) is 14.4. The predicted molar refractivity (Wildman–Crippen MR) is 96.8 cm³/mol. The third-order valence-corrected chi connectivity index (χ3v) is 5.46. The van der Waals surface area contributed by atoms with E-state index >= 15 is 0 Å². The summed E-state index contributed by atoms with van der Waals surface area (Å²) >= 11 is 0. The Bertz CT molecular complexity index is 1010. The highest BCUT2D eigenvalue weighted by Crippen LogP contribution is 2.39. The summed E-state index contributed by atoms with van der Waals surface area (Å²) in [4.78, 5) is 21.2. The molecule has 0 amide bonds. The van der Waals surface area contributed by atoms with E-state index in [0.29, 0.717) is 11.7 Å². The smallest absolute Gasteiger partial charge is 0.274 e. The summed E-state index contributed by atoms with van der Waals surface area (Å²) < 4.78 is 1.41. The second-order valence-electron chi connectivity index (χ2n) is 7.01. The van der Waals surface area contributed by atoms with Gasteiger partial charge < -0.3 is 5.32 Å². The highest BCUT2D eigenvalue weighted by Gasteiger charge is 2.24. The van der Waals surface area contributed by atoms with Gasteiger partial charge in [-0.25, -0.2) is 4.98 Å². The highest BCUT2D eigenvalue weighted by atomic mass is 16.1. The first-order valence-corrected chi connectivity index (χ1v) is 9.15. The molecule has 6 heteroatoms. The second kappa shape index (κ2) is 5.44. The van der Waals surface area contributed by atoms with E-state index in [1.165, 1.54) is 45.3 Å². The van der Waals surface area contributed by atoms with Crippen molar-refractivity contribution in [3.05, 3.63) is 50.4 Å². The average Bonchev–Trinajstić information content (AvgIpc) is 3.32. The topological polar surface area (TPSA) is 75.1 Å². The lowest BCUT2D eigenvalue weighted by atomic mass is 9.99. The standard InChI is InChI=1S/C19H21N5O/c1-2-13-10-16(25)24-19(20-13)22-18(23-24)21-17-14-7-3-5-11(14)9-12-6-4-8-15(12)17/h9-10H,2-8H2,1H3,(H2,20,21,22,23). The Balaban J connectivity index is 1.62. The summed E-state index contributed by atoms with van der Waals surface area (Å²) in [6.07, 6.45) is 7.71. The van der Waals surface area contributed by atoms with Crippen molar-refractivity contribution in [2.24, 2.45) is 0 Å². The molecule has 1 aromatic carbocycles. The number of aromatic amines is 1. The number of H-pyrrole nitrogens is 1. The minimum atomic E-state index is -0.120. The quantitative estimate of drug-likeness (QED) is 0.772. The summed E-state index contributed by atoms with van der Waals surface area (Å²) in [6, 6.07) is 3.97. The number of fused-ring (bicyclic) bond motifs is 3. The molecule has 0 aliphatic heterocycles. The van der Waals surface area contributed by atoms with E-state index in [-0.39, 0.29) is 5.56 Å². The molecule has 128 valence electrons. The summed E-state index contributed by atoms with van der Waals surface area (Å²) in [5.74, 6) is 1.02. The molecule has 2 aliphatic carbocycles. The lowest BCUT2D eigenvalue weighted by molar-refractivity contribution is 0.876. The minimum absolute atomic E-state index is 0.120. The van der Waals surface area contributed by atoms with Gasteiger partial charge in [-0.05, 0) is 67.2 Å². The number of hydrogen-bond donors (Lipinski definition) is 2. The van der Waals surface area contributed by atoms with Crippen LogP contribution in [0.2, 0.25) is 0 Å². The van der Waals surface area contributed by atoms with Crippen molar-refractivity contribution in [1.82, 2.24) is 19.6 Å². The van der Waals surface area contributed by atoms with Gasteiger partial charge in [0, 0.05) is 17.4 Å². The maximum atomic E-state index is 12.2. The molecular formula is C19H21N5O. The molecule has 2 aliphatic rings. The van der Waals surface area contributed by atoms with Crippen molar-refractivity contribution in [2.75, 3.05) is 5.32 Å². The molecule has 0 saturated carbocycles. The summed E-state index contributed by atoms with van der Waals surface area (Å²) in [6.45, 7) is 1.99. The van der Waals surface area contributed by atoms with Crippen molar-refractivity contribution < 1.29 is 0 Å². The lowest BCUT2D eigenvalue weighted by Crippen LogP contribution is -2.15. The molecule has 2 aromatic heterocycles. The zero-order valence-electron chi connectivity index (χ0n) is 14.4. The maximum absolute atomic E-state index is 12.2. The fraction of sp³-hybridized carbons (Fsp3) is 0.421. The van der Waals surface area contributed by atoms with Crippen molar-refractivity contribution in [3.63, 3.8) is 0 Å². The summed E-state index contributed by atoms with van der Waals surface area (Å²) in [7, 11) is 0. The monoisotopic (exact) mass is 335 g/mol. The Morgan fingerprint density at radius 1 is 1.08 bits per heavy atom. The van der Waals surface area contributed by atoms with E-state index in [2.05, 4.69) is 26.4 Å². The molecule has 2 N–H and O–H groups in total. The van der Waals surface area contributed by atoms with Crippen molar-refractivity contribution >= 4 is 17.4 Å². The Labute approximate surface area is 145 Å². The van der Waals surface area contributed by atoms with E-state index in [1.54, 1.807) is 6.07 Å². The minimum Gasteiger partial charge on any atom is -0.324 e. The van der Waals surface area contributed by atoms with Gasteiger partial charge in [-0.3, -0.25) is 9.89 Å². The van der Waals surface area contributed by atoms with Gasteiger partial charge in [-0.15, -0.1) is 0 Å². The molecular weight excluding hydrogens is 314 g/mol. The number of aromatic nitrogens is 4. The fourth-order valence-corrected chi connectivity index (χ4v) is 4.25. The molecule has 0 spiro atoms. The molecule has 25 heavy (non-hydrogen) atoms. The van der Waals surface area contributed by atoms with Crippen LogP contribution in [0.5, 0.6) is 0 Å². The largest absolute Gasteiger partial charge is 0.324 e. The first-order valence-electron chi connectivity index (χ1n) is 9.15. The van der Waals surface area contributed by atoms with Gasteiger partial charge in [0.1, 0.15) is 0 Å². The van der Waals surface area contributed by atoms with Gasteiger partial charge in [-0.1, -0.05) is 13.0 Å². The van der Waals surface area contributed by atoms with E-state index in [4.69, 9.17) is 0 Å². The van der Waals surface area contributed by atoms with Gasteiger partial charge in [0.05, 0.1) is 0 Å². The molecule has 0 radical (unpaired) electrons.